The van der Waals surface area contributed by atoms with Crippen LogP contribution in [0, 0.1) is 0 Å². The summed E-state index contributed by atoms with van der Waals surface area (Å²) in [7, 11) is 0. The normalized spacial score (nSPS) is 12.9. The third-order valence-corrected chi connectivity index (χ3v) is 10.9. The zero-order valence-electron chi connectivity index (χ0n) is 40.9. The maximum Gasteiger partial charge on any atom is 0.306 e. The summed E-state index contributed by atoms with van der Waals surface area (Å²) in [5, 5.41) is 0. The van der Waals surface area contributed by atoms with E-state index in [0.717, 1.165) is 96.3 Å². The van der Waals surface area contributed by atoms with Gasteiger partial charge in [0.25, 0.3) is 0 Å². The van der Waals surface area contributed by atoms with Gasteiger partial charge < -0.3 is 14.2 Å². The Labute approximate surface area is 384 Å². The van der Waals surface area contributed by atoms with Crippen molar-refractivity contribution in [2.75, 3.05) is 19.8 Å². The molecule has 1 unspecified atom stereocenters. The van der Waals surface area contributed by atoms with Gasteiger partial charge in [-0.1, -0.05) is 202 Å². The van der Waals surface area contributed by atoms with Gasteiger partial charge in [0.15, 0.2) is 6.10 Å². The second-order valence-corrected chi connectivity index (χ2v) is 17.0. The van der Waals surface area contributed by atoms with Crippen LogP contribution in [0.1, 0.15) is 239 Å². The molecule has 5 heteroatoms. The Kier molecular flexibility index (Phi) is 50.0. The van der Waals surface area contributed by atoms with Gasteiger partial charge in [-0.2, -0.15) is 0 Å². The van der Waals surface area contributed by atoms with Crippen molar-refractivity contribution in [2.45, 2.75) is 245 Å². The third kappa shape index (κ3) is 49.7. The molecule has 0 N–H and O–H groups in total. The van der Waals surface area contributed by atoms with E-state index in [1.807, 2.05) is 0 Å². The lowest BCUT2D eigenvalue weighted by Crippen LogP contribution is -2.30. The molecule has 0 aromatic heterocycles. The summed E-state index contributed by atoms with van der Waals surface area (Å²) in [6, 6.07) is 0. The summed E-state index contributed by atoms with van der Waals surface area (Å²) < 4.78 is 17.4. The number of carbonyl (C=O) groups excluding carboxylic acids is 2. The van der Waals surface area contributed by atoms with Crippen molar-refractivity contribution in [1.29, 1.82) is 0 Å². The second-order valence-electron chi connectivity index (χ2n) is 17.0. The van der Waals surface area contributed by atoms with Crippen molar-refractivity contribution in [3.05, 3.63) is 85.1 Å². The molecule has 356 valence electrons. The summed E-state index contributed by atoms with van der Waals surface area (Å²) in [6.45, 7) is 7.62. The molecule has 0 aliphatic heterocycles. The van der Waals surface area contributed by atoms with Crippen molar-refractivity contribution in [2.24, 2.45) is 0 Å². The molecular weight excluding hydrogens is 765 g/mol. The first-order valence-electron chi connectivity index (χ1n) is 26.1. The molecule has 0 bridgehead atoms. The van der Waals surface area contributed by atoms with E-state index in [9.17, 15) is 9.59 Å². The van der Waals surface area contributed by atoms with Gasteiger partial charge in [-0.05, 0) is 109 Å². The number of esters is 2. The molecule has 0 heterocycles. The Balaban J connectivity index is 4.31. The summed E-state index contributed by atoms with van der Waals surface area (Å²) in [5.74, 6) is -0.432. The first kappa shape index (κ1) is 59.1. The van der Waals surface area contributed by atoms with E-state index in [1.54, 1.807) is 0 Å². The Morgan fingerprint density at radius 3 is 1.23 bits per heavy atom. The van der Waals surface area contributed by atoms with Crippen LogP contribution in [0.2, 0.25) is 0 Å². The molecule has 0 rings (SSSR count). The van der Waals surface area contributed by atoms with Crippen LogP contribution in [0.25, 0.3) is 0 Å². The lowest BCUT2D eigenvalue weighted by Gasteiger charge is -2.18. The number of carbonyl (C=O) groups is 2. The minimum absolute atomic E-state index is 0.0664. The minimum atomic E-state index is -0.556. The maximum atomic E-state index is 12.8. The van der Waals surface area contributed by atoms with E-state index >= 15 is 0 Å². The fourth-order valence-electron chi connectivity index (χ4n) is 6.98. The number of ether oxygens (including phenoxy) is 3. The summed E-state index contributed by atoms with van der Waals surface area (Å²) in [6.07, 6.45) is 68.7. The highest BCUT2D eigenvalue weighted by Crippen LogP contribution is 2.13. The monoisotopic (exact) mass is 863 g/mol. The molecule has 0 amide bonds. The van der Waals surface area contributed by atoms with Gasteiger partial charge in [-0.3, -0.25) is 9.59 Å². The first-order chi connectivity index (χ1) is 30.6. The molecule has 62 heavy (non-hydrogen) atoms. The maximum absolute atomic E-state index is 12.8. The first-order valence-corrected chi connectivity index (χ1v) is 26.1. The Hall–Kier alpha value is -2.92. The largest absolute Gasteiger partial charge is 0.462 e. The topological polar surface area (TPSA) is 61.8 Å². The van der Waals surface area contributed by atoms with Crippen molar-refractivity contribution in [1.82, 2.24) is 0 Å². The van der Waals surface area contributed by atoms with Crippen molar-refractivity contribution >= 4 is 11.9 Å². The van der Waals surface area contributed by atoms with Crippen LogP contribution in [-0.4, -0.2) is 37.9 Å². The molecule has 0 spiro atoms. The molecule has 0 saturated heterocycles. The fourth-order valence-corrected chi connectivity index (χ4v) is 6.98. The zero-order chi connectivity index (χ0) is 44.9. The quantitative estimate of drug-likeness (QED) is 0.0346. The summed E-state index contributed by atoms with van der Waals surface area (Å²) >= 11 is 0. The molecule has 0 radical (unpaired) electrons. The SMILES string of the molecule is CC/C=C\C/C=C\C/C=C\C/C=C\CCCCCCCCC(=O)OCC(COCCCCCCCC/C=C\CCCC)OC(=O)CCCCCCC/C=C\C/C=C\CCCCC. The number of unbranched alkanes of at least 4 members (excludes halogenated alkanes) is 22. The number of hydrogen-bond acceptors (Lipinski definition) is 5. The van der Waals surface area contributed by atoms with E-state index in [4.69, 9.17) is 14.2 Å². The smallest absolute Gasteiger partial charge is 0.306 e. The highest BCUT2D eigenvalue weighted by Gasteiger charge is 2.17. The highest BCUT2D eigenvalue weighted by molar-refractivity contribution is 5.70. The number of rotatable bonds is 47. The van der Waals surface area contributed by atoms with E-state index in [-0.39, 0.29) is 25.2 Å². The van der Waals surface area contributed by atoms with Crippen LogP contribution in [0.5, 0.6) is 0 Å². The second kappa shape index (κ2) is 52.4. The average Bonchev–Trinajstić information content (AvgIpc) is 3.27. The van der Waals surface area contributed by atoms with E-state index in [1.165, 1.54) is 109 Å². The Bertz CT molecular complexity index is 1160. The summed E-state index contributed by atoms with van der Waals surface area (Å²) in [5.41, 5.74) is 0. The Morgan fingerprint density at radius 1 is 0.371 bits per heavy atom. The number of allylic oxidation sites excluding steroid dienone is 14. The molecule has 0 saturated carbocycles. The predicted octanol–water partition coefficient (Wildman–Crippen LogP) is 17.7. The minimum Gasteiger partial charge on any atom is -0.462 e. The van der Waals surface area contributed by atoms with Crippen LogP contribution in [0.4, 0.5) is 0 Å². The van der Waals surface area contributed by atoms with Gasteiger partial charge in [0.1, 0.15) is 6.61 Å². The Morgan fingerprint density at radius 2 is 0.742 bits per heavy atom. The number of hydrogen-bond donors (Lipinski definition) is 0. The molecule has 0 aliphatic rings. The molecule has 1 atom stereocenters. The van der Waals surface area contributed by atoms with Crippen molar-refractivity contribution < 1.29 is 23.8 Å². The van der Waals surface area contributed by atoms with Gasteiger partial charge in [0, 0.05) is 19.4 Å². The average molecular weight is 863 g/mol. The summed E-state index contributed by atoms with van der Waals surface area (Å²) in [4.78, 5) is 25.4. The molecule has 0 fully saturated rings. The van der Waals surface area contributed by atoms with E-state index < -0.39 is 6.10 Å². The van der Waals surface area contributed by atoms with Crippen LogP contribution in [0.15, 0.2) is 85.1 Å². The van der Waals surface area contributed by atoms with Crippen molar-refractivity contribution in [3.8, 4) is 0 Å². The molecule has 0 aromatic rings. The third-order valence-electron chi connectivity index (χ3n) is 10.9. The van der Waals surface area contributed by atoms with Gasteiger partial charge in [0.05, 0.1) is 6.61 Å². The molecule has 5 nitrogen and oxygen atoms in total. The van der Waals surface area contributed by atoms with Gasteiger partial charge in [-0.25, -0.2) is 0 Å². The zero-order valence-corrected chi connectivity index (χ0v) is 40.9. The molecule has 0 aromatic carbocycles. The molecule has 0 aliphatic carbocycles. The van der Waals surface area contributed by atoms with Crippen LogP contribution in [0.3, 0.4) is 0 Å². The predicted molar refractivity (Wildman–Crippen MR) is 270 cm³/mol. The van der Waals surface area contributed by atoms with Crippen LogP contribution >= 0.6 is 0 Å². The van der Waals surface area contributed by atoms with E-state index in [2.05, 4.69) is 106 Å². The lowest BCUT2D eigenvalue weighted by molar-refractivity contribution is -0.163. The van der Waals surface area contributed by atoms with Gasteiger partial charge in [-0.15, -0.1) is 0 Å². The van der Waals surface area contributed by atoms with Crippen molar-refractivity contribution in [3.63, 3.8) is 0 Å². The standard InChI is InChI=1S/C57H98O5/c1-4-7-10-13-16-19-22-25-27-28-29-30-32-33-35-38-41-44-47-50-56(58)61-54-55(53-60-52-49-46-43-40-37-24-21-18-15-12-9-6-3)62-57(59)51-48-45-42-39-36-34-31-26-23-20-17-14-11-8-5-2/h7,10,15-20,25-27,29-31,55H,4-6,8-9,11-14,21-24,28,32-54H2,1-3H3/b10-7-,18-15-,19-16-,20-17-,27-25-,30-29-,31-26-. The lowest BCUT2D eigenvalue weighted by atomic mass is 10.1. The fraction of sp³-hybridized carbons (Fsp3) is 0.719. The van der Waals surface area contributed by atoms with Crippen LogP contribution < -0.4 is 0 Å². The van der Waals surface area contributed by atoms with Gasteiger partial charge >= 0.3 is 11.9 Å². The highest BCUT2D eigenvalue weighted by atomic mass is 16.6. The van der Waals surface area contributed by atoms with E-state index in [0.29, 0.717) is 19.4 Å². The van der Waals surface area contributed by atoms with Gasteiger partial charge in [0.2, 0.25) is 0 Å². The van der Waals surface area contributed by atoms with Crippen LogP contribution in [-0.2, 0) is 23.8 Å². The molecular formula is C57H98O5.